The molecule has 0 saturated carbocycles. The summed E-state index contributed by atoms with van der Waals surface area (Å²) < 4.78 is 0. The molecular formula is C12H21N2P. The Morgan fingerprint density at radius 2 is 1.47 bits per heavy atom. The molecule has 4 N–H and O–H groups in total. The molecule has 2 unspecified atom stereocenters. The van der Waals surface area contributed by atoms with E-state index >= 15 is 0 Å². The molecule has 0 saturated heterocycles. The molecule has 0 aliphatic carbocycles. The molecule has 0 aliphatic heterocycles. The van der Waals surface area contributed by atoms with E-state index in [1.54, 1.807) is 0 Å². The van der Waals surface area contributed by atoms with Gasteiger partial charge in [-0.2, -0.15) is 0 Å². The minimum Gasteiger partial charge on any atom is -0.324 e. The first kappa shape index (κ1) is 12.6. The summed E-state index contributed by atoms with van der Waals surface area (Å²) in [5.41, 5.74) is 12.3. The second kappa shape index (κ2) is 6.22. The molecule has 1 aromatic rings. The zero-order valence-electron chi connectivity index (χ0n) is 9.56. The Kier molecular flexibility index (Phi) is 5.24. The topological polar surface area (TPSA) is 52.0 Å². The fourth-order valence-corrected chi connectivity index (χ4v) is 4.18. The minimum atomic E-state index is -0.423. The third kappa shape index (κ3) is 3.27. The summed E-state index contributed by atoms with van der Waals surface area (Å²) >= 11 is 0. The highest BCUT2D eigenvalue weighted by Gasteiger charge is 2.23. The highest BCUT2D eigenvalue weighted by atomic mass is 31.1. The molecule has 0 bridgehead atoms. The van der Waals surface area contributed by atoms with Crippen LogP contribution in [0.1, 0.15) is 26.7 Å². The minimum absolute atomic E-state index is 0.220. The van der Waals surface area contributed by atoms with Crippen molar-refractivity contribution in [2.75, 3.05) is 0 Å². The summed E-state index contributed by atoms with van der Waals surface area (Å²) in [6.07, 6.45) is 1.99. The van der Waals surface area contributed by atoms with Crippen LogP contribution in [0, 0.1) is 0 Å². The molecule has 0 fully saturated rings. The second-order valence-electron chi connectivity index (χ2n) is 3.69. The molecule has 0 aromatic heterocycles. The molecule has 0 radical (unpaired) electrons. The normalized spacial score (nSPS) is 17.1. The van der Waals surface area contributed by atoms with E-state index in [1.165, 1.54) is 5.30 Å². The van der Waals surface area contributed by atoms with Crippen molar-refractivity contribution in [3.8, 4) is 0 Å². The van der Waals surface area contributed by atoms with Crippen LogP contribution in [0.15, 0.2) is 30.3 Å². The van der Waals surface area contributed by atoms with Gasteiger partial charge in [0, 0.05) is 11.6 Å². The summed E-state index contributed by atoms with van der Waals surface area (Å²) in [4.78, 5) is 0. The zero-order valence-corrected chi connectivity index (χ0v) is 10.5. The standard InChI is InChI=1S/C12H21N2P/c1-3-11(13)15(12(14)4-2)10-8-6-5-7-9-10/h5-9,11-12H,3-4,13-14H2,1-2H3. The largest absolute Gasteiger partial charge is 0.324 e. The molecule has 0 heterocycles. The monoisotopic (exact) mass is 224 g/mol. The van der Waals surface area contributed by atoms with Crippen LogP contribution in [-0.2, 0) is 0 Å². The smallest absolute Gasteiger partial charge is 0.0296 e. The fourth-order valence-electron chi connectivity index (χ4n) is 1.62. The van der Waals surface area contributed by atoms with E-state index in [4.69, 9.17) is 11.5 Å². The van der Waals surface area contributed by atoms with Crippen LogP contribution in [-0.4, -0.2) is 11.6 Å². The fraction of sp³-hybridized carbons (Fsp3) is 0.500. The van der Waals surface area contributed by atoms with Gasteiger partial charge in [-0.15, -0.1) is 0 Å². The van der Waals surface area contributed by atoms with Crippen molar-refractivity contribution < 1.29 is 0 Å². The molecule has 0 spiro atoms. The van der Waals surface area contributed by atoms with E-state index < -0.39 is 7.92 Å². The Balaban J connectivity index is 2.91. The van der Waals surface area contributed by atoms with Gasteiger partial charge in [0.25, 0.3) is 0 Å². The molecule has 2 nitrogen and oxygen atoms in total. The van der Waals surface area contributed by atoms with Crippen LogP contribution in [0.4, 0.5) is 0 Å². The van der Waals surface area contributed by atoms with Crippen LogP contribution < -0.4 is 16.8 Å². The summed E-state index contributed by atoms with van der Waals surface area (Å²) in [7, 11) is -0.423. The summed E-state index contributed by atoms with van der Waals surface area (Å²) in [5, 5.41) is 1.33. The van der Waals surface area contributed by atoms with Crippen LogP contribution in [0.25, 0.3) is 0 Å². The van der Waals surface area contributed by atoms with E-state index in [0.717, 1.165) is 12.8 Å². The van der Waals surface area contributed by atoms with Crippen molar-refractivity contribution in [3.63, 3.8) is 0 Å². The van der Waals surface area contributed by atoms with Crippen LogP contribution in [0.2, 0.25) is 0 Å². The van der Waals surface area contributed by atoms with Crippen molar-refractivity contribution in [2.45, 2.75) is 38.3 Å². The number of hydrogen-bond acceptors (Lipinski definition) is 2. The van der Waals surface area contributed by atoms with E-state index in [2.05, 4.69) is 38.1 Å². The molecule has 84 valence electrons. The van der Waals surface area contributed by atoms with Gasteiger partial charge in [0.05, 0.1) is 0 Å². The Labute approximate surface area is 93.8 Å². The van der Waals surface area contributed by atoms with Crippen LogP contribution in [0.3, 0.4) is 0 Å². The lowest BCUT2D eigenvalue weighted by Gasteiger charge is -2.29. The van der Waals surface area contributed by atoms with Gasteiger partial charge in [-0.05, 0) is 26.1 Å². The predicted molar refractivity (Wildman–Crippen MR) is 69.5 cm³/mol. The van der Waals surface area contributed by atoms with Gasteiger partial charge in [-0.25, -0.2) is 0 Å². The lowest BCUT2D eigenvalue weighted by Crippen LogP contribution is -2.32. The lowest BCUT2D eigenvalue weighted by atomic mass is 10.4. The quantitative estimate of drug-likeness (QED) is 0.753. The molecule has 1 aromatic carbocycles. The summed E-state index contributed by atoms with van der Waals surface area (Å²) in [5.74, 6) is 0.440. The average molecular weight is 224 g/mol. The molecule has 3 heteroatoms. The summed E-state index contributed by atoms with van der Waals surface area (Å²) in [6.45, 7) is 4.26. The van der Waals surface area contributed by atoms with Gasteiger partial charge in [0.1, 0.15) is 0 Å². The van der Waals surface area contributed by atoms with Gasteiger partial charge in [0.15, 0.2) is 0 Å². The van der Waals surface area contributed by atoms with Crippen molar-refractivity contribution in [1.29, 1.82) is 0 Å². The first-order chi connectivity index (χ1) is 7.20. The predicted octanol–water partition coefficient (Wildman–Crippen LogP) is 2.18. The first-order valence-electron chi connectivity index (χ1n) is 5.55. The molecule has 1 rings (SSSR count). The Morgan fingerprint density at radius 1 is 1.00 bits per heavy atom. The highest BCUT2D eigenvalue weighted by Crippen LogP contribution is 2.43. The molecule has 15 heavy (non-hydrogen) atoms. The molecular weight excluding hydrogens is 203 g/mol. The number of nitrogens with two attached hydrogens (primary N) is 2. The lowest BCUT2D eigenvalue weighted by molar-refractivity contribution is 0.802. The molecule has 2 atom stereocenters. The Bertz CT molecular complexity index is 266. The number of hydrogen-bond donors (Lipinski definition) is 2. The maximum absolute atomic E-state index is 6.17. The number of rotatable bonds is 5. The van der Waals surface area contributed by atoms with E-state index in [-0.39, 0.29) is 11.6 Å². The van der Waals surface area contributed by atoms with Gasteiger partial charge in [0.2, 0.25) is 0 Å². The summed E-state index contributed by atoms with van der Waals surface area (Å²) in [6, 6.07) is 10.5. The van der Waals surface area contributed by atoms with Gasteiger partial charge in [-0.3, -0.25) is 0 Å². The van der Waals surface area contributed by atoms with Crippen molar-refractivity contribution in [2.24, 2.45) is 11.5 Å². The van der Waals surface area contributed by atoms with Gasteiger partial charge < -0.3 is 11.5 Å². The number of benzene rings is 1. The molecule has 0 aliphatic rings. The maximum Gasteiger partial charge on any atom is 0.0296 e. The van der Waals surface area contributed by atoms with E-state index in [9.17, 15) is 0 Å². The van der Waals surface area contributed by atoms with Gasteiger partial charge >= 0.3 is 0 Å². The van der Waals surface area contributed by atoms with Crippen LogP contribution in [0.5, 0.6) is 0 Å². The molecule has 0 amide bonds. The zero-order chi connectivity index (χ0) is 11.3. The Hall–Kier alpha value is -0.430. The second-order valence-corrected chi connectivity index (χ2v) is 6.35. The van der Waals surface area contributed by atoms with Crippen LogP contribution >= 0.6 is 7.92 Å². The first-order valence-corrected chi connectivity index (χ1v) is 7.03. The van der Waals surface area contributed by atoms with Crippen molar-refractivity contribution in [3.05, 3.63) is 30.3 Å². The van der Waals surface area contributed by atoms with Crippen molar-refractivity contribution >= 4 is 13.2 Å². The maximum atomic E-state index is 6.17. The van der Waals surface area contributed by atoms with E-state index in [1.807, 2.05) is 6.07 Å². The average Bonchev–Trinajstić information content (AvgIpc) is 2.30. The van der Waals surface area contributed by atoms with Crippen molar-refractivity contribution in [1.82, 2.24) is 0 Å². The third-order valence-corrected chi connectivity index (χ3v) is 5.66. The van der Waals surface area contributed by atoms with Gasteiger partial charge in [-0.1, -0.05) is 44.2 Å². The van der Waals surface area contributed by atoms with E-state index in [0.29, 0.717) is 0 Å². The Morgan fingerprint density at radius 3 is 1.87 bits per heavy atom. The third-order valence-electron chi connectivity index (χ3n) is 2.61. The SMILES string of the molecule is CCC(N)P(c1ccccc1)C(N)CC. The highest BCUT2D eigenvalue weighted by molar-refractivity contribution is 7.66.